The van der Waals surface area contributed by atoms with Gasteiger partial charge in [-0.1, -0.05) is 66.3 Å². The maximum Gasteiger partial charge on any atom is 0.0172 e. The number of hydrogen-bond donors (Lipinski definition) is 0. The summed E-state index contributed by atoms with van der Waals surface area (Å²) < 4.78 is 0. The smallest absolute Gasteiger partial charge is 0.0172 e. The van der Waals surface area contributed by atoms with Gasteiger partial charge in [-0.25, -0.2) is 0 Å². The van der Waals surface area contributed by atoms with Gasteiger partial charge in [0.05, 0.1) is 0 Å². The Morgan fingerprint density at radius 2 is 1.78 bits per heavy atom. The van der Waals surface area contributed by atoms with Crippen LogP contribution in [0.3, 0.4) is 0 Å². The highest BCUT2D eigenvalue weighted by Gasteiger charge is 2.11. The Labute approximate surface area is 141 Å². The maximum absolute atomic E-state index is 3.92. The second-order valence-corrected chi connectivity index (χ2v) is 6.55. The molecule has 1 aliphatic heterocycles. The lowest BCUT2D eigenvalue weighted by atomic mass is 9.97. The van der Waals surface area contributed by atoms with E-state index in [4.69, 9.17) is 0 Å². The fourth-order valence-electron chi connectivity index (χ4n) is 2.87. The number of hydrogen-bond acceptors (Lipinski definition) is 1. The van der Waals surface area contributed by atoms with Crippen molar-refractivity contribution in [3.05, 3.63) is 77.4 Å². The van der Waals surface area contributed by atoms with Gasteiger partial charge in [0.2, 0.25) is 0 Å². The van der Waals surface area contributed by atoms with Crippen molar-refractivity contribution in [3.8, 4) is 0 Å². The molecule has 0 bridgehead atoms. The van der Waals surface area contributed by atoms with Crippen LogP contribution in [0.15, 0.2) is 66.3 Å². The molecule has 122 valence electrons. The Morgan fingerprint density at radius 3 is 2.39 bits per heavy atom. The summed E-state index contributed by atoms with van der Waals surface area (Å²) in [7, 11) is 0. The van der Waals surface area contributed by atoms with Gasteiger partial charge in [0.25, 0.3) is 0 Å². The SMILES string of the molecule is C=C(C)\C=C/C=C(C)/C(=C/CN1CCCC1)c1ccc(C)cc1. The molecule has 1 heterocycles. The second-order valence-electron chi connectivity index (χ2n) is 6.55. The van der Waals surface area contributed by atoms with Gasteiger partial charge in [-0.15, -0.1) is 0 Å². The average Bonchev–Trinajstić information content (AvgIpc) is 3.02. The first-order chi connectivity index (χ1) is 11.1. The number of likely N-dealkylation sites (tertiary alicyclic amines) is 1. The van der Waals surface area contributed by atoms with Gasteiger partial charge in [0.15, 0.2) is 0 Å². The molecular weight excluding hydrogens is 278 g/mol. The van der Waals surface area contributed by atoms with Crippen LogP contribution < -0.4 is 0 Å². The van der Waals surface area contributed by atoms with E-state index in [9.17, 15) is 0 Å². The predicted octanol–water partition coefficient (Wildman–Crippen LogP) is 5.55. The van der Waals surface area contributed by atoms with Crippen LogP contribution in [0.5, 0.6) is 0 Å². The van der Waals surface area contributed by atoms with Crippen LogP contribution in [0.25, 0.3) is 5.57 Å². The molecule has 0 aromatic heterocycles. The third-order valence-electron chi connectivity index (χ3n) is 4.27. The van der Waals surface area contributed by atoms with E-state index in [0.717, 1.165) is 12.1 Å². The highest BCUT2D eigenvalue weighted by atomic mass is 15.1. The molecule has 0 N–H and O–H groups in total. The maximum atomic E-state index is 3.92. The number of nitrogens with zero attached hydrogens (tertiary/aromatic N) is 1. The minimum absolute atomic E-state index is 1.04. The van der Waals surface area contributed by atoms with Gasteiger partial charge in [-0.05, 0) is 63.4 Å². The molecule has 2 rings (SSSR count). The zero-order valence-corrected chi connectivity index (χ0v) is 14.8. The monoisotopic (exact) mass is 307 g/mol. The summed E-state index contributed by atoms with van der Waals surface area (Å²) in [6.07, 6.45) is 11.4. The van der Waals surface area contributed by atoms with Crippen molar-refractivity contribution in [2.45, 2.75) is 33.6 Å². The van der Waals surface area contributed by atoms with Crippen molar-refractivity contribution in [1.82, 2.24) is 4.90 Å². The van der Waals surface area contributed by atoms with Crippen molar-refractivity contribution in [3.63, 3.8) is 0 Å². The molecule has 0 aliphatic carbocycles. The zero-order valence-electron chi connectivity index (χ0n) is 14.8. The Hall–Kier alpha value is -1.86. The van der Waals surface area contributed by atoms with Gasteiger partial charge in [-0.2, -0.15) is 0 Å². The van der Waals surface area contributed by atoms with Crippen LogP contribution in [0, 0.1) is 6.92 Å². The van der Waals surface area contributed by atoms with E-state index in [-0.39, 0.29) is 0 Å². The number of allylic oxidation sites excluding steroid dienone is 6. The predicted molar refractivity (Wildman–Crippen MR) is 103 cm³/mol. The fourth-order valence-corrected chi connectivity index (χ4v) is 2.87. The Balaban J connectivity index is 2.24. The van der Waals surface area contributed by atoms with E-state index in [2.05, 4.69) is 73.9 Å². The number of aryl methyl sites for hydroxylation is 1. The highest BCUT2D eigenvalue weighted by Crippen LogP contribution is 2.24. The highest BCUT2D eigenvalue weighted by molar-refractivity contribution is 5.79. The molecule has 1 saturated heterocycles. The molecule has 0 atom stereocenters. The molecule has 1 aliphatic rings. The molecule has 1 aromatic carbocycles. The molecule has 1 aromatic rings. The van der Waals surface area contributed by atoms with E-state index in [1.807, 2.05) is 6.92 Å². The lowest BCUT2D eigenvalue weighted by Gasteiger charge is -2.14. The molecule has 0 saturated carbocycles. The van der Waals surface area contributed by atoms with Crippen LogP contribution in [0.2, 0.25) is 0 Å². The first-order valence-electron chi connectivity index (χ1n) is 8.56. The summed E-state index contributed by atoms with van der Waals surface area (Å²) in [6, 6.07) is 8.84. The third kappa shape index (κ3) is 5.69. The molecule has 1 fully saturated rings. The van der Waals surface area contributed by atoms with Crippen LogP contribution in [0.1, 0.15) is 37.8 Å². The molecule has 0 spiro atoms. The summed E-state index contributed by atoms with van der Waals surface area (Å²) in [5, 5.41) is 0. The van der Waals surface area contributed by atoms with Crippen LogP contribution in [-0.2, 0) is 0 Å². The normalized spacial score (nSPS) is 17.2. The van der Waals surface area contributed by atoms with Gasteiger partial charge < -0.3 is 0 Å². The summed E-state index contributed by atoms with van der Waals surface area (Å²) in [5.74, 6) is 0. The van der Waals surface area contributed by atoms with Crippen molar-refractivity contribution in [1.29, 1.82) is 0 Å². The van der Waals surface area contributed by atoms with E-state index in [1.165, 1.54) is 48.2 Å². The van der Waals surface area contributed by atoms with Gasteiger partial charge in [-0.3, -0.25) is 4.90 Å². The van der Waals surface area contributed by atoms with Crippen molar-refractivity contribution >= 4 is 5.57 Å². The molecule has 1 heteroatoms. The molecular formula is C22H29N. The summed E-state index contributed by atoms with van der Waals surface area (Å²) in [4.78, 5) is 2.53. The van der Waals surface area contributed by atoms with Crippen LogP contribution >= 0.6 is 0 Å². The Morgan fingerprint density at radius 1 is 1.13 bits per heavy atom. The molecule has 0 amide bonds. The molecule has 1 nitrogen and oxygen atoms in total. The number of benzene rings is 1. The van der Waals surface area contributed by atoms with Crippen molar-refractivity contribution < 1.29 is 0 Å². The van der Waals surface area contributed by atoms with Crippen LogP contribution in [-0.4, -0.2) is 24.5 Å². The summed E-state index contributed by atoms with van der Waals surface area (Å²) >= 11 is 0. The van der Waals surface area contributed by atoms with E-state index in [0.29, 0.717) is 0 Å². The van der Waals surface area contributed by atoms with E-state index < -0.39 is 0 Å². The fraction of sp³-hybridized carbons (Fsp3) is 0.364. The lowest BCUT2D eigenvalue weighted by Crippen LogP contribution is -2.19. The third-order valence-corrected chi connectivity index (χ3v) is 4.27. The molecule has 0 unspecified atom stereocenters. The molecule has 0 radical (unpaired) electrons. The minimum atomic E-state index is 1.04. The Kier molecular flexibility index (Phi) is 6.61. The zero-order chi connectivity index (χ0) is 16.7. The largest absolute Gasteiger partial charge is 0.300 e. The van der Waals surface area contributed by atoms with Crippen molar-refractivity contribution in [2.75, 3.05) is 19.6 Å². The minimum Gasteiger partial charge on any atom is -0.300 e. The van der Waals surface area contributed by atoms with Gasteiger partial charge in [0.1, 0.15) is 0 Å². The first-order valence-corrected chi connectivity index (χ1v) is 8.56. The molecule has 23 heavy (non-hydrogen) atoms. The van der Waals surface area contributed by atoms with E-state index in [1.54, 1.807) is 0 Å². The van der Waals surface area contributed by atoms with Gasteiger partial charge in [0, 0.05) is 6.54 Å². The first kappa shape index (κ1) is 17.5. The Bertz CT molecular complexity index is 608. The topological polar surface area (TPSA) is 3.24 Å². The van der Waals surface area contributed by atoms with Gasteiger partial charge >= 0.3 is 0 Å². The second kappa shape index (κ2) is 8.69. The van der Waals surface area contributed by atoms with Crippen molar-refractivity contribution in [2.24, 2.45) is 0 Å². The summed E-state index contributed by atoms with van der Waals surface area (Å²) in [6.45, 7) is 13.8. The number of rotatable bonds is 6. The lowest BCUT2D eigenvalue weighted by molar-refractivity contribution is 0.377. The standard InChI is InChI=1S/C22H29N/c1-18(2)8-7-9-20(4)22(14-17-23-15-5-6-16-23)21-12-10-19(3)11-13-21/h7-14H,1,5-6,15-17H2,2-4H3/b8-7-,20-9+,22-14-. The van der Waals surface area contributed by atoms with Crippen LogP contribution in [0.4, 0.5) is 0 Å². The van der Waals surface area contributed by atoms with E-state index >= 15 is 0 Å². The quantitative estimate of drug-likeness (QED) is 0.623. The average molecular weight is 307 g/mol. The summed E-state index contributed by atoms with van der Waals surface area (Å²) in [5.41, 5.74) is 6.31.